The number of halogens is 1. The van der Waals surface area contributed by atoms with Crippen LogP contribution in [0.5, 0.6) is 0 Å². The van der Waals surface area contributed by atoms with Crippen LogP contribution in [0.25, 0.3) is 10.1 Å². The van der Waals surface area contributed by atoms with Crippen molar-refractivity contribution < 1.29 is 4.74 Å². The summed E-state index contributed by atoms with van der Waals surface area (Å²) in [7, 11) is 0. The first-order chi connectivity index (χ1) is 8.36. The van der Waals surface area contributed by atoms with E-state index in [1.165, 1.54) is 28.5 Å². The molecular formula is C14H15ClOS. The fraction of sp³-hybridized carbons (Fsp3) is 0.429. The van der Waals surface area contributed by atoms with E-state index in [4.69, 9.17) is 16.3 Å². The lowest BCUT2D eigenvalue weighted by Crippen LogP contribution is -2.23. The molecule has 1 fully saturated rings. The van der Waals surface area contributed by atoms with Crippen LogP contribution in [0.1, 0.15) is 30.2 Å². The van der Waals surface area contributed by atoms with Gasteiger partial charge in [-0.3, -0.25) is 0 Å². The molecule has 1 aromatic carbocycles. The number of benzene rings is 1. The average molecular weight is 267 g/mol. The lowest BCUT2D eigenvalue weighted by Gasteiger charge is -2.26. The predicted octanol–water partition coefficient (Wildman–Crippen LogP) is 4.75. The Morgan fingerprint density at radius 2 is 2.18 bits per heavy atom. The molecule has 1 saturated heterocycles. The third kappa shape index (κ3) is 2.22. The Kier molecular flexibility index (Phi) is 3.37. The summed E-state index contributed by atoms with van der Waals surface area (Å²) in [6.45, 7) is 0.857. The maximum Gasteiger partial charge on any atom is 0.0861 e. The van der Waals surface area contributed by atoms with Gasteiger partial charge in [-0.1, -0.05) is 18.2 Å². The van der Waals surface area contributed by atoms with Gasteiger partial charge in [-0.2, -0.15) is 0 Å². The molecule has 2 unspecified atom stereocenters. The largest absolute Gasteiger partial charge is 0.376 e. The molecule has 0 radical (unpaired) electrons. The molecule has 2 heterocycles. The Labute approximate surface area is 110 Å². The van der Waals surface area contributed by atoms with E-state index in [0.717, 1.165) is 13.0 Å². The minimum Gasteiger partial charge on any atom is -0.376 e. The molecule has 0 saturated carbocycles. The van der Waals surface area contributed by atoms with Crippen LogP contribution in [0.15, 0.2) is 29.6 Å². The summed E-state index contributed by atoms with van der Waals surface area (Å²) in [5, 5.41) is 3.46. The van der Waals surface area contributed by atoms with Crippen molar-refractivity contribution in [2.45, 2.75) is 30.7 Å². The molecule has 0 bridgehead atoms. The quantitative estimate of drug-likeness (QED) is 0.713. The van der Waals surface area contributed by atoms with Crippen LogP contribution < -0.4 is 0 Å². The lowest BCUT2D eigenvalue weighted by molar-refractivity contribution is 0.0138. The zero-order chi connectivity index (χ0) is 11.7. The summed E-state index contributed by atoms with van der Waals surface area (Å²) in [4.78, 5) is 0. The van der Waals surface area contributed by atoms with Gasteiger partial charge < -0.3 is 4.74 Å². The van der Waals surface area contributed by atoms with Crippen LogP contribution in [-0.4, -0.2) is 12.7 Å². The number of rotatable bonds is 2. The molecular weight excluding hydrogens is 252 g/mol. The van der Waals surface area contributed by atoms with Gasteiger partial charge in [0.05, 0.1) is 11.5 Å². The first-order valence-electron chi connectivity index (χ1n) is 6.08. The van der Waals surface area contributed by atoms with E-state index >= 15 is 0 Å². The number of thiophene rings is 1. The van der Waals surface area contributed by atoms with Crippen molar-refractivity contribution >= 4 is 33.0 Å². The second-order valence-electron chi connectivity index (χ2n) is 4.49. The van der Waals surface area contributed by atoms with Crippen molar-refractivity contribution in [1.82, 2.24) is 0 Å². The monoisotopic (exact) mass is 266 g/mol. The van der Waals surface area contributed by atoms with Crippen LogP contribution in [0.3, 0.4) is 0 Å². The smallest absolute Gasteiger partial charge is 0.0861 e. The number of alkyl halides is 1. The third-order valence-electron chi connectivity index (χ3n) is 3.35. The highest BCUT2D eigenvalue weighted by Gasteiger charge is 2.25. The first-order valence-corrected chi connectivity index (χ1v) is 7.39. The lowest BCUT2D eigenvalue weighted by atomic mass is 10.0. The summed E-state index contributed by atoms with van der Waals surface area (Å²) in [5.41, 5.74) is 1.24. The second kappa shape index (κ2) is 4.97. The molecule has 1 aliphatic heterocycles. The minimum absolute atomic E-state index is 0.00792. The third-order valence-corrected chi connectivity index (χ3v) is 4.85. The van der Waals surface area contributed by atoms with Crippen LogP contribution >= 0.6 is 22.9 Å². The fourth-order valence-corrected chi connectivity index (χ4v) is 3.86. The van der Waals surface area contributed by atoms with E-state index in [9.17, 15) is 0 Å². The van der Waals surface area contributed by atoms with Gasteiger partial charge >= 0.3 is 0 Å². The van der Waals surface area contributed by atoms with Crippen LogP contribution in [0.4, 0.5) is 0 Å². The molecule has 0 aliphatic carbocycles. The van der Waals surface area contributed by atoms with E-state index < -0.39 is 0 Å². The zero-order valence-corrected chi connectivity index (χ0v) is 11.1. The highest BCUT2D eigenvalue weighted by atomic mass is 35.5. The van der Waals surface area contributed by atoms with Crippen molar-refractivity contribution in [1.29, 1.82) is 0 Å². The molecule has 1 nitrogen and oxygen atoms in total. The van der Waals surface area contributed by atoms with Gasteiger partial charge in [-0.25, -0.2) is 0 Å². The summed E-state index contributed by atoms with van der Waals surface area (Å²) in [6, 6.07) is 8.45. The van der Waals surface area contributed by atoms with Gasteiger partial charge in [0, 0.05) is 11.3 Å². The van der Waals surface area contributed by atoms with E-state index in [1.54, 1.807) is 11.3 Å². The maximum atomic E-state index is 6.59. The molecule has 90 valence electrons. The molecule has 0 amide bonds. The van der Waals surface area contributed by atoms with Crippen molar-refractivity contribution in [3.8, 4) is 0 Å². The average Bonchev–Trinajstić information content (AvgIpc) is 2.83. The molecule has 3 heteroatoms. The summed E-state index contributed by atoms with van der Waals surface area (Å²) >= 11 is 8.35. The molecule has 2 aromatic rings. The number of fused-ring (bicyclic) bond motifs is 1. The SMILES string of the molecule is ClC(c1csc2ccccc12)C1CCCCO1. The number of hydrogen-bond acceptors (Lipinski definition) is 2. The summed E-state index contributed by atoms with van der Waals surface area (Å²) in [5.74, 6) is 0. The second-order valence-corrected chi connectivity index (χ2v) is 5.88. The highest BCUT2D eigenvalue weighted by molar-refractivity contribution is 7.17. The molecule has 1 aliphatic rings. The van der Waals surface area contributed by atoms with Crippen molar-refractivity contribution in [2.75, 3.05) is 6.61 Å². The predicted molar refractivity (Wildman–Crippen MR) is 74.0 cm³/mol. The van der Waals surface area contributed by atoms with Crippen molar-refractivity contribution in [3.63, 3.8) is 0 Å². The van der Waals surface area contributed by atoms with Crippen molar-refractivity contribution in [2.24, 2.45) is 0 Å². The zero-order valence-electron chi connectivity index (χ0n) is 9.56. The molecule has 17 heavy (non-hydrogen) atoms. The normalized spacial score (nSPS) is 22.8. The Balaban J connectivity index is 1.92. The van der Waals surface area contributed by atoms with Gasteiger partial charge in [-0.15, -0.1) is 22.9 Å². The van der Waals surface area contributed by atoms with Crippen LogP contribution in [-0.2, 0) is 4.74 Å². The Morgan fingerprint density at radius 1 is 1.29 bits per heavy atom. The van der Waals surface area contributed by atoms with Crippen LogP contribution in [0.2, 0.25) is 0 Å². The Bertz CT molecular complexity index is 502. The number of hydrogen-bond donors (Lipinski definition) is 0. The van der Waals surface area contributed by atoms with Gasteiger partial charge in [0.1, 0.15) is 0 Å². The Morgan fingerprint density at radius 3 is 3.00 bits per heavy atom. The van der Waals surface area contributed by atoms with E-state index in [-0.39, 0.29) is 11.5 Å². The van der Waals surface area contributed by atoms with Gasteiger partial charge in [0.25, 0.3) is 0 Å². The van der Waals surface area contributed by atoms with Crippen LogP contribution in [0, 0.1) is 0 Å². The van der Waals surface area contributed by atoms with Gasteiger partial charge in [-0.05, 0) is 41.7 Å². The summed E-state index contributed by atoms with van der Waals surface area (Å²) < 4.78 is 7.09. The van der Waals surface area contributed by atoms with E-state index in [2.05, 4.69) is 29.6 Å². The van der Waals surface area contributed by atoms with E-state index in [0.29, 0.717) is 0 Å². The Hall–Kier alpha value is -0.570. The maximum absolute atomic E-state index is 6.59. The van der Waals surface area contributed by atoms with E-state index in [1.807, 2.05) is 0 Å². The number of ether oxygens (including phenoxy) is 1. The van der Waals surface area contributed by atoms with Crippen molar-refractivity contribution in [3.05, 3.63) is 35.2 Å². The van der Waals surface area contributed by atoms with Gasteiger partial charge in [0.15, 0.2) is 0 Å². The first kappa shape index (κ1) is 11.5. The summed E-state index contributed by atoms with van der Waals surface area (Å²) in [6.07, 6.45) is 3.67. The molecule has 2 atom stereocenters. The topological polar surface area (TPSA) is 9.23 Å². The minimum atomic E-state index is -0.00792. The molecule has 0 N–H and O–H groups in total. The highest BCUT2D eigenvalue weighted by Crippen LogP contribution is 2.38. The van der Waals surface area contributed by atoms with Gasteiger partial charge in [0.2, 0.25) is 0 Å². The molecule has 0 spiro atoms. The molecule has 1 aromatic heterocycles. The fourth-order valence-electron chi connectivity index (χ4n) is 2.41. The standard InChI is InChI=1S/C14H15ClOS/c15-14(12-6-3-4-8-16-12)11-9-17-13-7-2-1-5-10(11)13/h1-2,5,7,9,12,14H,3-4,6,8H2. The molecule has 3 rings (SSSR count).